The Balaban J connectivity index is 1.63. The van der Waals surface area contributed by atoms with Crippen molar-refractivity contribution in [2.24, 2.45) is 5.10 Å². The summed E-state index contributed by atoms with van der Waals surface area (Å²) < 4.78 is 7.23. The molecule has 3 aromatic rings. The standard InChI is InChI=1S/C19H21N5O2S/c1-4-24-18(15-9-7-13(2)8-10-15)22-23-19(24)27-12-17(25)21-20-14(3)16-6-5-11-26-16/h5-11H,4,12H2,1-3H3,(H,21,25)/b20-14+. The number of benzene rings is 1. The van der Waals surface area contributed by atoms with Crippen molar-refractivity contribution in [3.8, 4) is 11.4 Å². The number of carbonyl (C=O) groups excluding carboxylic acids is 1. The van der Waals surface area contributed by atoms with E-state index in [9.17, 15) is 4.79 Å². The number of furan rings is 1. The van der Waals surface area contributed by atoms with Crippen LogP contribution >= 0.6 is 11.8 Å². The van der Waals surface area contributed by atoms with Crippen molar-refractivity contribution < 1.29 is 9.21 Å². The summed E-state index contributed by atoms with van der Waals surface area (Å²) in [6, 6.07) is 11.7. The first kappa shape index (κ1) is 18.9. The molecule has 0 aliphatic heterocycles. The van der Waals surface area contributed by atoms with Crippen LogP contribution in [0.25, 0.3) is 11.4 Å². The van der Waals surface area contributed by atoms with Gasteiger partial charge in [-0.2, -0.15) is 5.10 Å². The number of hydrogen-bond donors (Lipinski definition) is 1. The predicted octanol–water partition coefficient (Wildman–Crippen LogP) is 3.50. The van der Waals surface area contributed by atoms with Gasteiger partial charge in [0.25, 0.3) is 5.91 Å². The zero-order valence-electron chi connectivity index (χ0n) is 15.5. The van der Waals surface area contributed by atoms with Crippen LogP contribution in [0.4, 0.5) is 0 Å². The molecule has 0 spiro atoms. The van der Waals surface area contributed by atoms with Gasteiger partial charge < -0.3 is 8.98 Å². The SMILES string of the molecule is CCn1c(SCC(=O)N/N=C(\C)c2ccco2)nnc1-c1ccc(C)cc1. The van der Waals surface area contributed by atoms with E-state index in [0.717, 1.165) is 17.9 Å². The molecule has 7 nitrogen and oxygen atoms in total. The van der Waals surface area contributed by atoms with E-state index in [-0.39, 0.29) is 11.7 Å². The van der Waals surface area contributed by atoms with E-state index in [1.54, 1.807) is 25.3 Å². The van der Waals surface area contributed by atoms with Crippen LogP contribution < -0.4 is 5.43 Å². The minimum atomic E-state index is -0.214. The Labute approximate surface area is 161 Å². The maximum Gasteiger partial charge on any atom is 0.250 e. The van der Waals surface area contributed by atoms with E-state index in [2.05, 4.69) is 20.7 Å². The number of nitrogens with one attached hydrogen (secondary N) is 1. The Morgan fingerprint density at radius 1 is 1.26 bits per heavy atom. The summed E-state index contributed by atoms with van der Waals surface area (Å²) in [6.45, 7) is 6.57. The Morgan fingerprint density at radius 3 is 2.70 bits per heavy atom. The number of amides is 1. The van der Waals surface area contributed by atoms with Gasteiger partial charge in [-0.15, -0.1) is 10.2 Å². The molecule has 0 unspecified atom stereocenters. The van der Waals surface area contributed by atoms with Gasteiger partial charge in [-0.05, 0) is 32.9 Å². The monoisotopic (exact) mass is 383 g/mol. The largest absolute Gasteiger partial charge is 0.463 e. The second kappa shape index (κ2) is 8.68. The van der Waals surface area contributed by atoms with E-state index in [4.69, 9.17) is 4.42 Å². The quantitative estimate of drug-likeness (QED) is 0.383. The summed E-state index contributed by atoms with van der Waals surface area (Å²) in [7, 11) is 0. The van der Waals surface area contributed by atoms with Crippen LogP contribution in [0.2, 0.25) is 0 Å². The summed E-state index contributed by atoms with van der Waals surface area (Å²) in [5.74, 6) is 1.40. The lowest BCUT2D eigenvalue weighted by Crippen LogP contribution is -2.21. The minimum Gasteiger partial charge on any atom is -0.463 e. The number of hydrazone groups is 1. The molecular weight excluding hydrogens is 362 g/mol. The second-order valence-corrected chi connectivity index (χ2v) is 6.86. The highest BCUT2D eigenvalue weighted by atomic mass is 32.2. The van der Waals surface area contributed by atoms with Crippen LogP contribution in [0, 0.1) is 6.92 Å². The molecule has 1 aromatic carbocycles. The molecule has 2 heterocycles. The highest BCUT2D eigenvalue weighted by Crippen LogP contribution is 2.24. The van der Waals surface area contributed by atoms with Crippen LogP contribution in [0.15, 0.2) is 57.3 Å². The normalized spacial score (nSPS) is 11.6. The molecule has 8 heteroatoms. The number of thioether (sulfide) groups is 1. The van der Waals surface area contributed by atoms with Crippen molar-refractivity contribution in [3.05, 3.63) is 54.0 Å². The highest BCUT2D eigenvalue weighted by Gasteiger charge is 2.14. The third-order valence-electron chi connectivity index (χ3n) is 3.90. The number of hydrogen-bond acceptors (Lipinski definition) is 6. The molecule has 1 amide bonds. The molecule has 27 heavy (non-hydrogen) atoms. The number of aryl methyl sites for hydroxylation is 1. The summed E-state index contributed by atoms with van der Waals surface area (Å²) in [4.78, 5) is 12.1. The fourth-order valence-corrected chi connectivity index (χ4v) is 3.24. The molecule has 0 bridgehead atoms. The molecule has 0 fully saturated rings. The molecule has 3 rings (SSSR count). The fourth-order valence-electron chi connectivity index (χ4n) is 2.44. The van der Waals surface area contributed by atoms with Crippen LogP contribution in [0.5, 0.6) is 0 Å². The minimum absolute atomic E-state index is 0.195. The molecule has 0 aliphatic carbocycles. The highest BCUT2D eigenvalue weighted by molar-refractivity contribution is 7.99. The molecule has 0 atom stereocenters. The van der Waals surface area contributed by atoms with Crippen molar-refractivity contribution in [2.45, 2.75) is 32.5 Å². The first-order valence-electron chi connectivity index (χ1n) is 8.58. The summed E-state index contributed by atoms with van der Waals surface area (Å²) >= 11 is 1.33. The van der Waals surface area contributed by atoms with Gasteiger partial charge in [0.1, 0.15) is 11.5 Å². The summed E-state index contributed by atoms with van der Waals surface area (Å²) in [5, 5.41) is 13.3. The number of nitrogens with zero attached hydrogens (tertiary/aromatic N) is 4. The van der Waals surface area contributed by atoms with Crippen LogP contribution in [-0.2, 0) is 11.3 Å². The molecule has 1 N–H and O–H groups in total. The molecule has 0 saturated heterocycles. The number of carbonyl (C=O) groups is 1. The molecule has 0 aliphatic rings. The van der Waals surface area contributed by atoms with Crippen LogP contribution in [0.3, 0.4) is 0 Å². The van der Waals surface area contributed by atoms with Crippen molar-refractivity contribution in [1.82, 2.24) is 20.2 Å². The zero-order valence-corrected chi connectivity index (χ0v) is 16.3. The number of aromatic nitrogens is 3. The van der Waals surface area contributed by atoms with Crippen molar-refractivity contribution in [2.75, 3.05) is 5.75 Å². The lowest BCUT2D eigenvalue weighted by molar-refractivity contribution is -0.118. The predicted molar refractivity (Wildman–Crippen MR) is 106 cm³/mol. The van der Waals surface area contributed by atoms with E-state index in [1.165, 1.54) is 17.3 Å². The lowest BCUT2D eigenvalue weighted by Gasteiger charge is -2.07. The van der Waals surface area contributed by atoms with Crippen molar-refractivity contribution >= 4 is 23.4 Å². The van der Waals surface area contributed by atoms with Gasteiger partial charge in [0, 0.05) is 12.1 Å². The first-order valence-corrected chi connectivity index (χ1v) is 9.57. The number of rotatable bonds is 7. The Morgan fingerprint density at radius 2 is 2.04 bits per heavy atom. The summed E-state index contributed by atoms with van der Waals surface area (Å²) in [5.41, 5.74) is 5.34. The maximum absolute atomic E-state index is 12.1. The van der Waals surface area contributed by atoms with Gasteiger partial charge in [0.05, 0.1) is 12.0 Å². The Kier molecular flexibility index (Phi) is 6.08. The molecule has 2 aromatic heterocycles. The average Bonchev–Trinajstić information content (AvgIpc) is 3.34. The van der Waals surface area contributed by atoms with E-state index >= 15 is 0 Å². The average molecular weight is 383 g/mol. The van der Waals surface area contributed by atoms with E-state index < -0.39 is 0 Å². The Hall–Kier alpha value is -2.87. The molecule has 0 radical (unpaired) electrons. The zero-order chi connectivity index (χ0) is 19.2. The Bertz CT molecular complexity index is 930. The topological polar surface area (TPSA) is 85.3 Å². The maximum atomic E-state index is 12.1. The molecule has 0 saturated carbocycles. The van der Waals surface area contributed by atoms with Gasteiger partial charge in [0.15, 0.2) is 11.0 Å². The fraction of sp³-hybridized carbons (Fsp3) is 0.263. The van der Waals surface area contributed by atoms with E-state index in [1.807, 2.05) is 42.7 Å². The first-order chi connectivity index (χ1) is 13.1. The van der Waals surface area contributed by atoms with Gasteiger partial charge in [-0.25, -0.2) is 5.43 Å². The smallest absolute Gasteiger partial charge is 0.250 e. The van der Waals surface area contributed by atoms with Gasteiger partial charge >= 0.3 is 0 Å². The van der Waals surface area contributed by atoms with Crippen molar-refractivity contribution in [3.63, 3.8) is 0 Å². The molecule has 140 valence electrons. The van der Waals surface area contributed by atoms with Crippen molar-refractivity contribution in [1.29, 1.82) is 0 Å². The third kappa shape index (κ3) is 4.65. The second-order valence-electron chi connectivity index (χ2n) is 5.91. The van der Waals surface area contributed by atoms with Gasteiger partial charge in [0.2, 0.25) is 0 Å². The lowest BCUT2D eigenvalue weighted by atomic mass is 10.1. The van der Waals surface area contributed by atoms with Gasteiger partial charge in [-0.3, -0.25) is 4.79 Å². The van der Waals surface area contributed by atoms with Gasteiger partial charge in [-0.1, -0.05) is 41.6 Å². The van der Waals surface area contributed by atoms with Crippen LogP contribution in [0.1, 0.15) is 25.2 Å². The molecular formula is C19H21N5O2S. The van der Waals surface area contributed by atoms with Crippen LogP contribution in [-0.4, -0.2) is 32.1 Å². The van der Waals surface area contributed by atoms with E-state index in [0.29, 0.717) is 16.6 Å². The summed E-state index contributed by atoms with van der Waals surface area (Å²) in [6.07, 6.45) is 1.56. The third-order valence-corrected chi connectivity index (χ3v) is 4.87.